The predicted octanol–water partition coefficient (Wildman–Crippen LogP) is 2.32. The minimum Gasteiger partial charge on any atom is -0.493 e. The van der Waals surface area contributed by atoms with Crippen LogP contribution in [0.1, 0.15) is 10.5 Å². The Labute approximate surface area is 146 Å². The van der Waals surface area contributed by atoms with Gasteiger partial charge in [0, 0.05) is 24.8 Å². The fraction of sp³-hybridized carbons (Fsp3) is 0.389. The maximum absolute atomic E-state index is 12.2. The van der Waals surface area contributed by atoms with Gasteiger partial charge >= 0.3 is 5.97 Å². The minimum atomic E-state index is -0.395. The molecule has 1 saturated heterocycles. The molecule has 3 rings (SSSR count). The van der Waals surface area contributed by atoms with E-state index in [-0.39, 0.29) is 0 Å². The fourth-order valence-corrected chi connectivity index (χ4v) is 3.01. The molecule has 1 N–H and O–H groups in total. The Morgan fingerprint density at radius 2 is 1.84 bits per heavy atom. The third kappa shape index (κ3) is 3.28. The Kier molecular flexibility index (Phi) is 5.14. The largest absolute Gasteiger partial charge is 0.493 e. The summed E-state index contributed by atoms with van der Waals surface area (Å²) in [5, 5.41) is 0. The topological polar surface area (TPSA) is 73.0 Å². The van der Waals surface area contributed by atoms with Crippen LogP contribution in [-0.2, 0) is 9.47 Å². The first-order valence-corrected chi connectivity index (χ1v) is 8.04. The van der Waals surface area contributed by atoms with Gasteiger partial charge in [-0.15, -0.1) is 0 Å². The Balaban J connectivity index is 2.09. The number of hydrogen-bond donors (Lipinski definition) is 1. The van der Waals surface area contributed by atoms with Crippen molar-refractivity contribution in [2.45, 2.75) is 0 Å². The average Bonchev–Trinajstić information content (AvgIpc) is 3.12. The third-order valence-electron chi connectivity index (χ3n) is 4.26. The molecule has 1 aromatic carbocycles. The van der Waals surface area contributed by atoms with Crippen LogP contribution in [-0.4, -0.2) is 58.6 Å². The van der Waals surface area contributed by atoms with Gasteiger partial charge in [0.05, 0.1) is 40.2 Å². The molecule has 0 atom stereocenters. The number of aromatic amines is 1. The van der Waals surface area contributed by atoms with Crippen LogP contribution in [0.25, 0.3) is 11.1 Å². The van der Waals surface area contributed by atoms with Crippen molar-refractivity contribution in [3.8, 4) is 22.6 Å². The van der Waals surface area contributed by atoms with Crippen molar-refractivity contribution in [1.29, 1.82) is 0 Å². The Morgan fingerprint density at radius 3 is 2.48 bits per heavy atom. The Bertz CT molecular complexity index is 750. The van der Waals surface area contributed by atoms with Gasteiger partial charge in [-0.1, -0.05) is 6.07 Å². The first kappa shape index (κ1) is 17.2. The summed E-state index contributed by atoms with van der Waals surface area (Å²) in [5.74, 6) is 0.893. The lowest BCUT2D eigenvalue weighted by atomic mass is 10.0. The van der Waals surface area contributed by atoms with Crippen molar-refractivity contribution < 1.29 is 23.7 Å². The molecule has 7 heteroatoms. The molecule has 2 aromatic rings. The molecule has 0 saturated carbocycles. The van der Waals surface area contributed by atoms with Crippen LogP contribution in [0.5, 0.6) is 11.5 Å². The van der Waals surface area contributed by atoms with E-state index in [1.807, 2.05) is 24.4 Å². The molecule has 1 aliphatic rings. The second-order valence-corrected chi connectivity index (χ2v) is 5.59. The molecule has 0 spiro atoms. The zero-order valence-electron chi connectivity index (χ0n) is 14.6. The normalized spacial score (nSPS) is 14.3. The molecule has 0 radical (unpaired) electrons. The maximum Gasteiger partial charge on any atom is 0.356 e. The highest BCUT2D eigenvalue weighted by molar-refractivity contribution is 5.99. The molecule has 7 nitrogen and oxygen atoms in total. The van der Waals surface area contributed by atoms with Gasteiger partial charge in [0.2, 0.25) is 0 Å². The molecule has 1 aromatic heterocycles. The van der Waals surface area contributed by atoms with E-state index < -0.39 is 5.97 Å². The Hall–Kier alpha value is -2.67. The number of aromatic nitrogens is 1. The van der Waals surface area contributed by atoms with Crippen LogP contribution in [0, 0.1) is 0 Å². The fourth-order valence-electron chi connectivity index (χ4n) is 3.01. The van der Waals surface area contributed by atoms with Gasteiger partial charge in [-0.05, 0) is 17.7 Å². The standard InChI is InChI=1S/C18H22N2O5/c1-22-14-5-4-12(10-15(14)23-2)13-11-19-16(18(21)24-3)17(13)20-6-8-25-9-7-20/h4-5,10-11,19H,6-9H2,1-3H3. The Morgan fingerprint density at radius 1 is 1.12 bits per heavy atom. The molecule has 0 amide bonds. The number of carbonyl (C=O) groups is 1. The smallest absolute Gasteiger partial charge is 0.356 e. The van der Waals surface area contributed by atoms with Gasteiger partial charge in [0.1, 0.15) is 5.69 Å². The van der Waals surface area contributed by atoms with Gasteiger partial charge in [0.15, 0.2) is 11.5 Å². The van der Waals surface area contributed by atoms with Crippen molar-refractivity contribution in [2.24, 2.45) is 0 Å². The lowest BCUT2D eigenvalue weighted by Crippen LogP contribution is -2.37. The number of benzene rings is 1. The molecule has 1 fully saturated rings. The number of rotatable bonds is 5. The second-order valence-electron chi connectivity index (χ2n) is 5.59. The summed E-state index contributed by atoms with van der Waals surface area (Å²) >= 11 is 0. The molecule has 134 valence electrons. The number of hydrogen-bond acceptors (Lipinski definition) is 6. The number of H-pyrrole nitrogens is 1. The van der Waals surface area contributed by atoms with Crippen molar-refractivity contribution in [1.82, 2.24) is 4.98 Å². The summed E-state index contributed by atoms with van der Waals surface area (Å²) in [5.41, 5.74) is 3.09. The van der Waals surface area contributed by atoms with Crippen LogP contribution >= 0.6 is 0 Å². The summed E-state index contributed by atoms with van der Waals surface area (Å²) < 4.78 is 21.1. The van der Waals surface area contributed by atoms with E-state index in [2.05, 4.69) is 9.88 Å². The lowest BCUT2D eigenvalue weighted by Gasteiger charge is -2.30. The zero-order chi connectivity index (χ0) is 17.8. The van der Waals surface area contributed by atoms with E-state index >= 15 is 0 Å². The van der Waals surface area contributed by atoms with E-state index in [1.54, 1.807) is 14.2 Å². The predicted molar refractivity (Wildman–Crippen MR) is 93.7 cm³/mol. The van der Waals surface area contributed by atoms with Crippen LogP contribution in [0.4, 0.5) is 5.69 Å². The zero-order valence-corrected chi connectivity index (χ0v) is 14.6. The number of ether oxygens (including phenoxy) is 4. The molecular weight excluding hydrogens is 324 g/mol. The third-order valence-corrected chi connectivity index (χ3v) is 4.26. The number of nitrogens with zero attached hydrogens (tertiary/aromatic N) is 1. The van der Waals surface area contributed by atoms with Crippen LogP contribution in [0.3, 0.4) is 0 Å². The molecule has 2 heterocycles. The number of nitrogens with one attached hydrogen (secondary N) is 1. The van der Waals surface area contributed by atoms with Crippen LogP contribution < -0.4 is 14.4 Å². The van der Waals surface area contributed by atoms with Gasteiger partial charge in [-0.25, -0.2) is 4.79 Å². The number of carbonyl (C=O) groups excluding carboxylic acids is 1. The van der Waals surface area contributed by atoms with Crippen molar-refractivity contribution in [3.05, 3.63) is 30.1 Å². The molecular formula is C18H22N2O5. The highest BCUT2D eigenvalue weighted by atomic mass is 16.5. The van der Waals surface area contributed by atoms with Crippen LogP contribution in [0.2, 0.25) is 0 Å². The molecule has 0 aliphatic carbocycles. The van der Waals surface area contributed by atoms with E-state index in [0.29, 0.717) is 43.5 Å². The monoisotopic (exact) mass is 346 g/mol. The first-order chi connectivity index (χ1) is 12.2. The average molecular weight is 346 g/mol. The summed E-state index contributed by atoms with van der Waals surface area (Å²) in [6.45, 7) is 2.67. The number of methoxy groups -OCH3 is 3. The highest BCUT2D eigenvalue weighted by Gasteiger charge is 2.25. The second kappa shape index (κ2) is 7.48. The van der Waals surface area contributed by atoms with Crippen molar-refractivity contribution >= 4 is 11.7 Å². The summed E-state index contributed by atoms with van der Waals surface area (Å²) in [6.07, 6.45) is 1.82. The quantitative estimate of drug-likeness (QED) is 0.838. The van der Waals surface area contributed by atoms with Crippen LogP contribution in [0.15, 0.2) is 24.4 Å². The van der Waals surface area contributed by atoms with Crippen molar-refractivity contribution in [2.75, 3.05) is 52.5 Å². The summed E-state index contributed by atoms with van der Waals surface area (Å²) in [4.78, 5) is 17.4. The van der Waals surface area contributed by atoms with E-state index in [0.717, 1.165) is 16.8 Å². The van der Waals surface area contributed by atoms with Gasteiger partial charge < -0.3 is 28.8 Å². The van der Waals surface area contributed by atoms with Gasteiger partial charge in [-0.3, -0.25) is 0 Å². The van der Waals surface area contributed by atoms with Gasteiger partial charge in [0.25, 0.3) is 0 Å². The lowest BCUT2D eigenvalue weighted by molar-refractivity contribution is 0.0594. The first-order valence-electron chi connectivity index (χ1n) is 8.04. The molecule has 0 bridgehead atoms. The molecule has 25 heavy (non-hydrogen) atoms. The highest BCUT2D eigenvalue weighted by Crippen LogP contribution is 2.39. The molecule has 1 aliphatic heterocycles. The maximum atomic E-state index is 12.2. The summed E-state index contributed by atoms with van der Waals surface area (Å²) in [7, 11) is 4.58. The number of morpholine rings is 1. The molecule has 0 unspecified atom stereocenters. The van der Waals surface area contributed by atoms with E-state index in [1.165, 1.54) is 7.11 Å². The van der Waals surface area contributed by atoms with Crippen molar-refractivity contribution in [3.63, 3.8) is 0 Å². The van der Waals surface area contributed by atoms with Gasteiger partial charge in [-0.2, -0.15) is 0 Å². The number of esters is 1. The number of anilines is 1. The summed E-state index contributed by atoms with van der Waals surface area (Å²) in [6, 6.07) is 5.69. The van der Waals surface area contributed by atoms with E-state index in [4.69, 9.17) is 18.9 Å². The minimum absolute atomic E-state index is 0.395. The SMILES string of the molecule is COC(=O)c1[nH]cc(-c2ccc(OC)c(OC)c2)c1N1CCOCC1. The van der Waals surface area contributed by atoms with E-state index in [9.17, 15) is 4.79 Å².